The van der Waals surface area contributed by atoms with Crippen LogP contribution < -0.4 is 15.0 Å². The summed E-state index contributed by atoms with van der Waals surface area (Å²) in [4.78, 5) is 23.1. The zero-order chi connectivity index (χ0) is 23.7. The molecule has 8 heteroatoms. The first kappa shape index (κ1) is 22.1. The Kier molecular flexibility index (Phi) is 6.04. The number of fused-ring (bicyclic) bond motifs is 1. The summed E-state index contributed by atoms with van der Waals surface area (Å²) in [6, 6.07) is 20.4. The van der Waals surface area contributed by atoms with Crippen LogP contribution in [-0.2, 0) is 6.54 Å². The van der Waals surface area contributed by atoms with E-state index in [0.29, 0.717) is 33.2 Å². The van der Waals surface area contributed by atoms with E-state index in [1.54, 1.807) is 30.9 Å². The van der Waals surface area contributed by atoms with E-state index in [0.717, 1.165) is 21.8 Å². The monoisotopic (exact) mass is 489 g/mol. The van der Waals surface area contributed by atoms with Gasteiger partial charge >= 0.3 is 0 Å². The second-order valence-corrected chi connectivity index (χ2v) is 8.86. The first-order valence-electron chi connectivity index (χ1n) is 10.5. The summed E-state index contributed by atoms with van der Waals surface area (Å²) in [6.07, 6.45) is 0. The summed E-state index contributed by atoms with van der Waals surface area (Å²) < 4.78 is 12.5. The Morgan fingerprint density at radius 1 is 0.912 bits per heavy atom. The maximum Gasteiger partial charge on any atom is 0.262 e. The average molecular weight is 490 g/mol. The van der Waals surface area contributed by atoms with E-state index in [9.17, 15) is 4.79 Å². The van der Waals surface area contributed by atoms with Crippen LogP contribution in [0.4, 0.5) is 0 Å². The highest BCUT2D eigenvalue weighted by atomic mass is 35.5. The minimum Gasteiger partial charge on any atom is -0.493 e. The van der Waals surface area contributed by atoms with E-state index in [1.165, 1.54) is 11.3 Å². The van der Waals surface area contributed by atoms with E-state index in [2.05, 4.69) is 0 Å². The molecule has 0 aliphatic rings. The third-order valence-corrected chi connectivity index (χ3v) is 6.66. The molecule has 0 saturated carbocycles. The van der Waals surface area contributed by atoms with Gasteiger partial charge in [0.05, 0.1) is 37.4 Å². The number of aromatic nitrogens is 3. The van der Waals surface area contributed by atoms with E-state index in [-0.39, 0.29) is 12.1 Å². The number of ether oxygens (including phenoxy) is 2. The number of hydrogen-bond donors (Lipinski definition) is 0. The van der Waals surface area contributed by atoms with Crippen molar-refractivity contribution in [2.24, 2.45) is 0 Å². The van der Waals surface area contributed by atoms with Crippen LogP contribution in [0.15, 0.2) is 76.9 Å². The second kappa shape index (κ2) is 9.29. The lowest BCUT2D eigenvalue weighted by Gasteiger charge is -2.15. The van der Waals surface area contributed by atoms with E-state index < -0.39 is 0 Å². The molecule has 0 amide bonds. The quantitative estimate of drug-likeness (QED) is 0.297. The molecule has 5 aromatic rings. The molecule has 2 heterocycles. The van der Waals surface area contributed by atoms with Crippen molar-refractivity contribution in [3.05, 3.63) is 93.2 Å². The van der Waals surface area contributed by atoms with Crippen LogP contribution in [-0.4, -0.2) is 28.8 Å². The third-order valence-electron chi connectivity index (χ3n) is 5.47. The molecule has 0 saturated heterocycles. The summed E-state index contributed by atoms with van der Waals surface area (Å²) in [5, 5.41) is 4.05. The van der Waals surface area contributed by atoms with Gasteiger partial charge < -0.3 is 9.47 Å². The molecular weight excluding hydrogens is 470 g/mol. The molecule has 0 aliphatic heterocycles. The minimum atomic E-state index is -0.128. The number of nitrogens with zero attached hydrogens (tertiary/aromatic N) is 3. The second-order valence-electron chi connectivity index (χ2n) is 7.56. The lowest BCUT2D eigenvalue weighted by atomic mass is 10.1. The molecule has 0 unspecified atom stereocenters. The Labute approximate surface area is 205 Å². The summed E-state index contributed by atoms with van der Waals surface area (Å²) in [5.41, 5.74) is 3.00. The van der Waals surface area contributed by atoms with Gasteiger partial charge in [0.25, 0.3) is 5.56 Å². The SMILES string of the molecule is COc1ccc(-c2nc3ccccc3c(=O)n2Cc2csc(-c3ccc(Cl)cc3)n2)cc1OC. The van der Waals surface area contributed by atoms with Crippen LogP contribution in [0.25, 0.3) is 32.9 Å². The zero-order valence-electron chi connectivity index (χ0n) is 18.5. The van der Waals surface area contributed by atoms with Crippen molar-refractivity contribution in [3.63, 3.8) is 0 Å². The Morgan fingerprint density at radius 2 is 1.65 bits per heavy atom. The lowest BCUT2D eigenvalue weighted by molar-refractivity contribution is 0.355. The van der Waals surface area contributed by atoms with Crippen LogP contribution >= 0.6 is 22.9 Å². The molecule has 0 atom stereocenters. The Bertz CT molecular complexity index is 1540. The van der Waals surface area contributed by atoms with Gasteiger partial charge in [-0.25, -0.2) is 9.97 Å². The molecule has 5 rings (SSSR count). The molecule has 0 aliphatic carbocycles. The molecule has 0 bridgehead atoms. The fraction of sp³-hybridized carbons (Fsp3) is 0.115. The molecule has 34 heavy (non-hydrogen) atoms. The first-order chi connectivity index (χ1) is 16.6. The number of halogens is 1. The van der Waals surface area contributed by atoms with Crippen molar-refractivity contribution in [2.75, 3.05) is 14.2 Å². The summed E-state index contributed by atoms with van der Waals surface area (Å²) >= 11 is 7.54. The Balaban J connectivity index is 1.63. The van der Waals surface area contributed by atoms with Crippen molar-refractivity contribution in [1.29, 1.82) is 0 Å². The first-order valence-corrected chi connectivity index (χ1v) is 11.8. The van der Waals surface area contributed by atoms with Crippen molar-refractivity contribution in [1.82, 2.24) is 14.5 Å². The van der Waals surface area contributed by atoms with E-state index in [4.69, 9.17) is 31.0 Å². The molecule has 0 spiro atoms. The zero-order valence-corrected chi connectivity index (χ0v) is 20.1. The van der Waals surface area contributed by atoms with Crippen molar-refractivity contribution < 1.29 is 9.47 Å². The minimum absolute atomic E-state index is 0.128. The van der Waals surface area contributed by atoms with Gasteiger partial charge in [-0.1, -0.05) is 35.9 Å². The number of para-hydroxylation sites is 1. The maximum atomic E-state index is 13.5. The van der Waals surface area contributed by atoms with Crippen molar-refractivity contribution >= 4 is 33.8 Å². The molecule has 2 aromatic heterocycles. The van der Waals surface area contributed by atoms with Gasteiger partial charge in [-0.05, 0) is 42.5 Å². The van der Waals surface area contributed by atoms with Crippen LogP contribution in [0.5, 0.6) is 11.5 Å². The van der Waals surface area contributed by atoms with Gasteiger partial charge in [0.15, 0.2) is 11.5 Å². The number of methoxy groups -OCH3 is 2. The normalized spacial score (nSPS) is 11.0. The highest BCUT2D eigenvalue weighted by Crippen LogP contribution is 2.32. The van der Waals surface area contributed by atoms with E-state index in [1.807, 2.05) is 60.0 Å². The molecule has 170 valence electrons. The van der Waals surface area contributed by atoms with E-state index >= 15 is 0 Å². The Hall–Kier alpha value is -3.68. The molecule has 6 nitrogen and oxygen atoms in total. The number of benzene rings is 3. The van der Waals surface area contributed by atoms with Gasteiger partial charge in [-0.3, -0.25) is 9.36 Å². The lowest BCUT2D eigenvalue weighted by Crippen LogP contribution is -2.24. The van der Waals surface area contributed by atoms with Gasteiger partial charge in [0.1, 0.15) is 10.8 Å². The largest absolute Gasteiger partial charge is 0.493 e. The standard InChI is InChI=1S/C26H20ClN3O3S/c1-32-22-12-9-17(13-23(22)33-2)24-29-21-6-4-3-5-20(21)26(31)30(24)14-19-15-34-25(28-19)16-7-10-18(27)11-8-16/h3-13,15H,14H2,1-2H3. The predicted octanol–water partition coefficient (Wildman–Crippen LogP) is 5.91. The number of rotatable bonds is 6. The van der Waals surface area contributed by atoms with Gasteiger partial charge in [-0.2, -0.15) is 0 Å². The fourth-order valence-corrected chi connectivity index (χ4v) is 4.72. The maximum absolute atomic E-state index is 13.5. The molecule has 3 aromatic carbocycles. The third kappa shape index (κ3) is 4.16. The van der Waals surface area contributed by atoms with Crippen molar-refractivity contribution in [3.8, 4) is 33.5 Å². The van der Waals surface area contributed by atoms with Crippen LogP contribution in [0.2, 0.25) is 5.02 Å². The predicted molar refractivity (Wildman–Crippen MR) is 136 cm³/mol. The Morgan fingerprint density at radius 3 is 2.41 bits per heavy atom. The van der Waals surface area contributed by atoms with Gasteiger partial charge in [0.2, 0.25) is 0 Å². The summed E-state index contributed by atoms with van der Waals surface area (Å²) in [6.45, 7) is 0.282. The smallest absolute Gasteiger partial charge is 0.262 e. The van der Waals surface area contributed by atoms with Crippen LogP contribution in [0.1, 0.15) is 5.69 Å². The highest BCUT2D eigenvalue weighted by Gasteiger charge is 2.17. The average Bonchev–Trinajstić information content (AvgIpc) is 3.34. The molecule has 0 N–H and O–H groups in total. The van der Waals surface area contributed by atoms with Gasteiger partial charge in [0, 0.05) is 21.5 Å². The number of thiazole rings is 1. The summed E-state index contributed by atoms with van der Waals surface area (Å²) in [5.74, 6) is 1.70. The summed E-state index contributed by atoms with van der Waals surface area (Å²) in [7, 11) is 3.17. The molecule has 0 fully saturated rings. The van der Waals surface area contributed by atoms with Gasteiger partial charge in [-0.15, -0.1) is 11.3 Å². The number of hydrogen-bond acceptors (Lipinski definition) is 6. The van der Waals surface area contributed by atoms with Crippen LogP contribution in [0, 0.1) is 0 Å². The fourth-order valence-electron chi connectivity index (χ4n) is 3.78. The van der Waals surface area contributed by atoms with Crippen molar-refractivity contribution in [2.45, 2.75) is 6.54 Å². The molecule has 0 radical (unpaired) electrons. The van der Waals surface area contributed by atoms with Crippen LogP contribution in [0.3, 0.4) is 0 Å². The highest BCUT2D eigenvalue weighted by molar-refractivity contribution is 7.13. The topological polar surface area (TPSA) is 66.2 Å². The molecular formula is C26H20ClN3O3S.